The summed E-state index contributed by atoms with van der Waals surface area (Å²) in [5.74, 6) is 1.72. The average molecular weight is 436 g/mol. The number of hydrogen-bond acceptors (Lipinski definition) is 6. The van der Waals surface area contributed by atoms with Crippen molar-refractivity contribution in [1.29, 1.82) is 0 Å². The van der Waals surface area contributed by atoms with Crippen molar-refractivity contribution in [3.63, 3.8) is 0 Å². The minimum Gasteiger partial charge on any atom is -0.369 e. The molecule has 1 saturated heterocycles. The molecule has 1 aliphatic heterocycles. The van der Waals surface area contributed by atoms with Crippen molar-refractivity contribution in [2.24, 2.45) is 0 Å². The van der Waals surface area contributed by atoms with Gasteiger partial charge >= 0.3 is 0 Å². The molecule has 2 aromatic heterocycles. The first-order valence-electron chi connectivity index (χ1n) is 11.6. The minimum atomic E-state index is 0.263. The van der Waals surface area contributed by atoms with Crippen LogP contribution < -0.4 is 16.0 Å². The predicted molar refractivity (Wildman–Crippen MR) is 129 cm³/mol. The molecule has 3 aromatic rings. The lowest BCUT2D eigenvalue weighted by molar-refractivity contribution is -0.130. The van der Waals surface area contributed by atoms with E-state index in [0.717, 1.165) is 67.8 Å². The maximum Gasteiger partial charge on any atom is 0.224 e. The molecule has 1 aliphatic rings. The number of nitrogens with one attached hydrogen (secondary N) is 3. The standard InChI is InChI=1S/C24H33N7O/c1-3-10-27-23-20-7-6-19(15-21(20)28-24(25-2)29-23)31-14-9-18(17-31)16-26-11-8-22(32)30-12-4-5-13-30/h6-7,9,14-15,17,26H,3-5,8,10-13,16H2,1-2H3,(H2,25,27,28,29). The molecular formula is C24H33N7O. The zero-order valence-corrected chi connectivity index (χ0v) is 19.0. The van der Waals surface area contributed by atoms with Crippen LogP contribution in [0.4, 0.5) is 11.8 Å². The Bertz CT molecular complexity index is 1060. The van der Waals surface area contributed by atoms with E-state index in [1.807, 2.05) is 11.9 Å². The fourth-order valence-electron chi connectivity index (χ4n) is 4.03. The van der Waals surface area contributed by atoms with Crippen LogP contribution in [0.25, 0.3) is 16.6 Å². The second-order valence-corrected chi connectivity index (χ2v) is 8.22. The van der Waals surface area contributed by atoms with Crippen molar-refractivity contribution >= 4 is 28.6 Å². The molecule has 8 heteroatoms. The van der Waals surface area contributed by atoms with Crippen LogP contribution in [0.15, 0.2) is 36.7 Å². The quantitative estimate of drug-likeness (QED) is 0.423. The summed E-state index contributed by atoms with van der Waals surface area (Å²) in [6.07, 6.45) is 8.05. The van der Waals surface area contributed by atoms with Crippen LogP contribution in [-0.2, 0) is 11.3 Å². The van der Waals surface area contributed by atoms with Crippen LogP contribution in [0.2, 0.25) is 0 Å². The summed E-state index contributed by atoms with van der Waals surface area (Å²) in [5.41, 5.74) is 3.13. The topological polar surface area (TPSA) is 87.1 Å². The van der Waals surface area contributed by atoms with Crippen LogP contribution in [0.5, 0.6) is 0 Å². The molecule has 1 aromatic carbocycles. The monoisotopic (exact) mass is 435 g/mol. The lowest BCUT2D eigenvalue weighted by Gasteiger charge is -2.15. The Morgan fingerprint density at radius 1 is 1.12 bits per heavy atom. The van der Waals surface area contributed by atoms with E-state index < -0.39 is 0 Å². The lowest BCUT2D eigenvalue weighted by Crippen LogP contribution is -2.30. The normalized spacial score (nSPS) is 13.6. The number of hydrogen-bond donors (Lipinski definition) is 3. The van der Waals surface area contributed by atoms with Gasteiger partial charge in [-0.3, -0.25) is 4.79 Å². The molecule has 0 aliphatic carbocycles. The number of rotatable bonds is 10. The van der Waals surface area contributed by atoms with Gasteiger partial charge in [0.15, 0.2) is 0 Å². The van der Waals surface area contributed by atoms with Gasteiger partial charge in [-0.2, -0.15) is 4.98 Å². The smallest absolute Gasteiger partial charge is 0.224 e. The zero-order valence-electron chi connectivity index (χ0n) is 19.0. The first kappa shape index (κ1) is 22.1. The Kier molecular flexibility index (Phi) is 7.21. The molecular weight excluding hydrogens is 402 g/mol. The Morgan fingerprint density at radius 3 is 2.75 bits per heavy atom. The van der Waals surface area contributed by atoms with Crippen LogP contribution in [0.1, 0.15) is 38.2 Å². The molecule has 1 fully saturated rings. The van der Waals surface area contributed by atoms with Crippen molar-refractivity contribution in [1.82, 2.24) is 24.8 Å². The molecule has 4 rings (SSSR count). The summed E-state index contributed by atoms with van der Waals surface area (Å²) in [7, 11) is 1.83. The highest BCUT2D eigenvalue weighted by Gasteiger charge is 2.17. The number of benzene rings is 1. The fourth-order valence-corrected chi connectivity index (χ4v) is 4.03. The van der Waals surface area contributed by atoms with Gasteiger partial charge in [0.05, 0.1) is 5.52 Å². The van der Waals surface area contributed by atoms with Gasteiger partial charge in [0.1, 0.15) is 5.82 Å². The van der Waals surface area contributed by atoms with E-state index in [4.69, 9.17) is 0 Å². The molecule has 0 radical (unpaired) electrons. The maximum atomic E-state index is 12.1. The molecule has 3 N–H and O–H groups in total. The fraction of sp³-hybridized carbons (Fsp3) is 0.458. The molecule has 8 nitrogen and oxygen atoms in total. The Balaban J connectivity index is 1.40. The Labute approximate surface area is 189 Å². The van der Waals surface area contributed by atoms with Gasteiger partial charge in [-0.15, -0.1) is 0 Å². The summed E-state index contributed by atoms with van der Waals surface area (Å²) in [4.78, 5) is 23.3. The SMILES string of the molecule is CCCNc1nc(NC)nc2cc(-n3ccc(CNCCC(=O)N4CCCC4)c3)ccc12. The van der Waals surface area contributed by atoms with Gasteiger partial charge in [0.25, 0.3) is 0 Å². The van der Waals surface area contributed by atoms with Crippen LogP contribution in [0, 0.1) is 0 Å². The zero-order chi connectivity index (χ0) is 22.3. The van der Waals surface area contributed by atoms with Crippen molar-refractivity contribution in [3.05, 3.63) is 42.2 Å². The van der Waals surface area contributed by atoms with E-state index in [1.54, 1.807) is 0 Å². The van der Waals surface area contributed by atoms with Gasteiger partial charge in [0, 0.05) is 69.7 Å². The third-order valence-electron chi connectivity index (χ3n) is 5.80. The molecule has 0 spiro atoms. The van der Waals surface area contributed by atoms with Gasteiger partial charge in [0.2, 0.25) is 11.9 Å². The van der Waals surface area contributed by atoms with Crippen LogP contribution in [0.3, 0.4) is 0 Å². The van der Waals surface area contributed by atoms with Gasteiger partial charge in [-0.05, 0) is 49.1 Å². The summed E-state index contributed by atoms with van der Waals surface area (Å²) >= 11 is 0. The van der Waals surface area contributed by atoms with E-state index in [-0.39, 0.29) is 5.91 Å². The lowest BCUT2D eigenvalue weighted by atomic mass is 10.2. The average Bonchev–Trinajstić information content (AvgIpc) is 3.52. The van der Waals surface area contributed by atoms with Gasteiger partial charge in [-0.25, -0.2) is 4.98 Å². The van der Waals surface area contributed by atoms with Crippen LogP contribution >= 0.6 is 0 Å². The highest BCUT2D eigenvalue weighted by Crippen LogP contribution is 2.25. The van der Waals surface area contributed by atoms with Gasteiger partial charge in [-0.1, -0.05) is 6.92 Å². The first-order valence-corrected chi connectivity index (χ1v) is 11.6. The third kappa shape index (κ3) is 5.19. The number of nitrogens with zero attached hydrogens (tertiary/aromatic N) is 4. The second kappa shape index (κ2) is 10.5. The van der Waals surface area contributed by atoms with E-state index in [9.17, 15) is 4.79 Å². The van der Waals surface area contributed by atoms with E-state index in [1.165, 1.54) is 5.56 Å². The number of amides is 1. The van der Waals surface area contributed by atoms with Crippen molar-refractivity contribution in [2.45, 2.75) is 39.2 Å². The highest BCUT2D eigenvalue weighted by molar-refractivity contribution is 5.91. The molecule has 1 amide bonds. The number of likely N-dealkylation sites (tertiary alicyclic amines) is 1. The molecule has 32 heavy (non-hydrogen) atoms. The highest BCUT2D eigenvalue weighted by atomic mass is 16.2. The molecule has 170 valence electrons. The summed E-state index contributed by atoms with van der Waals surface area (Å²) in [5, 5.41) is 10.9. The van der Waals surface area contributed by atoms with E-state index in [2.05, 4.69) is 74.1 Å². The molecule has 0 atom stereocenters. The number of carbonyl (C=O) groups is 1. The minimum absolute atomic E-state index is 0.263. The third-order valence-corrected chi connectivity index (χ3v) is 5.80. The number of fused-ring (bicyclic) bond motifs is 1. The molecule has 0 unspecified atom stereocenters. The maximum absolute atomic E-state index is 12.1. The molecule has 3 heterocycles. The molecule has 0 bridgehead atoms. The Hall–Kier alpha value is -3.13. The predicted octanol–water partition coefficient (Wildman–Crippen LogP) is 3.39. The van der Waals surface area contributed by atoms with Crippen molar-refractivity contribution in [2.75, 3.05) is 43.9 Å². The van der Waals surface area contributed by atoms with Gasteiger partial charge < -0.3 is 25.4 Å². The number of carbonyl (C=O) groups excluding carboxylic acids is 1. The van der Waals surface area contributed by atoms with Crippen molar-refractivity contribution < 1.29 is 4.79 Å². The summed E-state index contributed by atoms with van der Waals surface area (Å²) in [6.45, 7) is 6.29. The van der Waals surface area contributed by atoms with E-state index >= 15 is 0 Å². The Morgan fingerprint density at radius 2 is 1.97 bits per heavy atom. The summed E-state index contributed by atoms with van der Waals surface area (Å²) < 4.78 is 2.10. The van der Waals surface area contributed by atoms with Crippen molar-refractivity contribution in [3.8, 4) is 5.69 Å². The number of anilines is 2. The second-order valence-electron chi connectivity index (χ2n) is 8.22. The largest absolute Gasteiger partial charge is 0.369 e. The van der Waals surface area contributed by atoms with Crippen LogP contribution in [-0.4, -0.2) is 58.6 Å². The summed E-state index contributed by atoms with van der Waals surface area (Å²) in [6, 6.07) is 8.35. The molecule has 0 saturated carbocycles. The van der Waals surface area contributed by atoms with E-state index in [0.29, 0.717) is 18.9 Å². The number of aromatic nitrogens is 3. The first-order chi connectivity index (χ1) is 15.7.